The summed E-state index contributed by atoms with van der Waals surface area (Å²) in [7, 11) is 0. The first-order chi connectivity index (χ1) is 5.24. The molecular weight excluding hydrogens is 136 g/mol. The molecule has 1 heteroatoms. The van der Waals surface area contributed by atoms with Gasteiger partial charge in [0.1, 0.15) is 0 Å². The van der Waals surface area contributed by atoms with E-state index in [0.29, 0.717) is 11.8 Å². The molecule has 0 amide bonds. The maximum Gasteiger partial charge on any atom is 0.0573 e. The van der Waals surface area contributed by atoms with Gasteiger partial charge >= 0.3 is 0 Å². The largest absolute Gasteiger partial charge is 0.393 e. The van der Waals surface area contributed by atoms with Crippen molar-refractivity contribution >= 4 is 0 Å². The smallest absolute Gasteiger partial charge is 0.0573 e. The van der Waals surface area contributed by atoms with E-state index in [1.165, 1.54) is 12.8 Å². The molecule has 0 radical (unpaired) electrons. The highest BCUT2D eigenvalue weighted by atomic mass is 16.3. The van der Waals surface area contributed by atoms with Crippen LogP contribution in [0.5, 0.6) is 0 Å². The van der Waals surface area contributed by atoms with Crippen LogP contribution in [0.25, 0.3) is 0 Å². The normalized spacial score (nSPS) is 38.5. The van der Waals surface area contributed by atoms with Crippen LogP contribution >= 0.6 is 0 Å². The summed E-state index contributed by atoms with van der Waals surface area (Å²) in [5.41, 5.74) is 0. The van der Waals surface area contributed by atoms with E-state index in [2.05, 4.69) is 13.5 Å². The van der Waals surface area contributed by atoms with Crippen molar-refractivity contribution in [3.05, 3.63) is 12.7 Å². The predicted molar refractivity (Wildman–Crippen MR) is 47.3 cm³/mol. The van der Waals surface area contributed by atoms with E-state index in [4.69, 9.17) is 0 Å². The van der Waals surface area contributed by atoms with E-state index in [9.17, 15) is 5.11 Å². The van der Waals surface area contributed by atoms with Crippen LogP contribution in [0.3, 0.4) is 0 Å². The fraction of sp³-hybridized carbons (Fsp3) is 0.800. The van der Waals surface area contributed by atoms with Crippen molar-refractivity contribution in [3.63, 3.8) is 0 Å². The maximum absolute atomic E-state index is 9.62. The molecule has 1 nitrogen and oxygen atoms in total. The average molecular weight is 154 g/mol. The summed E-state index contributed by atoms with van der Waals surface area (Å²) >= 11 is 0. The van der Waals surface area contributed by atoms with E-state index in [1.54, 1.807) is 0 Å². The van der Waals surface area contributed by atoms with Gasteiger partial charge in [0.15, 0.2) is 0 Å². The zero-order valence-corrected chi connectivity index (χ0v) is 7.29. The topological polar surface area (TPSA) is 20.2 Å². The molecule has 3 atom stereocenters. The lowest BCUT2D eigenvalue weighted by Crippen LogP contribution is -2.27. The van der Waals surface area contributed by atoms with Gasteiger partial charge < -0.3 is 5.11 Å². The second-order valence-electron chi connectivity index (χ2n) is 3.77. The first-order valence-electron chi connectivity index (χ1n) is 4.53. The van der Waals surface area contributed by atoms with Gasteiger partial charge in [-0.2, -0.15) is 0 Å². The Kier molecular flexibility index (Phi) is 3.13. The SMILES string of the molecule is C=CCC1CCC(C)CC1O. The Labute approximate surface area is 69.1 Å². The zero-order chi connectivity index (χ0) is 8.27. The molecule has 0 saturated heterocycles. The van der Waals surface area contributed by atoms with Gasteiger partial charge in [-0.3, -0.25) is 0 Å². The Hall–Kier alpha value is -0.300. The van der Waals surface area contributed by atoms with Gasteiger partial charge in [-0.15, -0.1) is 6.58 Å². The van der Waals surface area contributed by atoms with Gasteiger partial charge in [0.25, 0.3) is 0 Å². The summed E-state index contributed by atoms with van der Waals surface area (Å²) in [5.74, 6) is 1.20. The van der Waals surface area contributed by atoms with Gasteiger partial charge in [0.05, 0.1) is 6.10 Å². The predicted octanol–water partition coefficient (Wildman–Crippen LogP) is 2.36. The third-order valence-electron chi connectivity index (χ3n) is 2.69. The van der Waals surface area contributed by atoms with Crippen molar-refractivity contribution in [2.24, 2.45) is 11.8 Å². The minimum atomic E-state index is -0.0725. The lowest BCUT2D eigenvalue weighted by atomic mass is 9.79. The molecule has 64 valence electrons. The van der Waals surface area contributed by atoms with E-state index in [-0.39, 0.29) is 6.10 Å². The van der Waals surface area contributed by atoms with Crippen molar-refractivity contribution in [2.45, 2.75) is 38.7 Å². The number of allylic oxidation sites excluding steroid dienone is 1. The summed E-state index contributed by atoms with van der Waals surface area (Å²) in [5, 5.41) is 9.62. The summed E-state index contributed by atoms with van der Waals surface area (Å²) in [4.78, 5) is 0. The zero-order valence-electron chi connectivity index (χ0n) is 7.29. The third kappa shape index (κ3) is 2.33. The summed E-state index contributed by atoms with van der Waals surface area (Å²) in [6.07, 6.45) is 6.26. The molecule has 1 aliphatic rings. The lowest BCUT2D eigenvalue weighted by molar-refractivity contribution is 0.0503. The molecule has 0 heterocycles. The summed E-state index contributed by atoms with van der Waals surface area (Å²) in [6.45, 7) is 5.91. The molecule has 11 heavy (non-hydrogen) atoms. The molecule has 1 fully saturated rings. The van der Waals surface area contributed by atoms with Gasteiger partial charge in [0.2, 0.25) is 0 Å². The Balaban J connectivity index is 2.37. The third-order valence-corrected chi connectivity index (χ3v) is 2.69. The standard InChI is InChI=1S/C10H18O/c1-3-4-9-6-5-8(2)7-10(9)11/h3,8-11H,1,4-7H2,2H3. The van der Waals surface area contributed by atoms with Crippen LogP contribution in [0.4, 0.5) is 0 Å². The first kappa shape index (κ1) is 8.79. The molecule has 1 saturated carbocycles. The van der Waals surface area contributed by atoms with Crippen LogP contribution in [0.15, 0.2) is 12.7 Å². The Morgan fingerprint density at radius 3 is 2.82 bits per heavy atom. The Bertz CT molecular complexity index is 131. The molecule has 0 aromatic carbocycles. The summed E-state index contributed by atoms with van der Waals surface area (Å²) < 4.78 is 0. The van der Waals surface area contributed by atoms with E-state index in [0.717, 1.165) is 12.8 Å². The minimum Gasteiger partial charge on any atom is -0.393 e. The second-order valence-corrected chi connectivity index (χ2v) is 3.77. The average Bonchev–Trinajstić information content (AvgIpc) is 1.95. The van der Waals surface area contributed by atoms with Crippen LogP contribution in [0.2, 0.25) is 0 Å². The first-order valence-corrected chi connectivity index (χ1v) is 4.53. The quantitative estimate of drug-likeness (QED) is 0.605. The van der Waals surface area contributed by atoms with Crippen molar-refractivity contribution in [1.82, 2.24) is 0 Å². The number of aliphatic hydroxyl groups is 1. The van der Waals surface area contributed by atoms with Crippen molar-refractivity contribution in [1.29, 1.82) is 0 Å². The molecule has 1 rings (SSSR count). The Morgan fingerprint density at radius 2 is 2.27 bits per heavy atom. The fourth-order valence-corrected chi connectivity index (χ4v) is 1.90. The number of rotatable bonds is 2. The molecular formula is C10H18O. The van der Waals surface area contributed by atoms with Crippen molar-refractivity contribution < 1.29 is 5.11 Å². The molecule has 1 aliphatic carbocycles. The number of hydrogen-bond acceptors (Lipinski definition) is 1. The van der Waals surface area contributed by atoms with Crippen LogP contribution in [0.1, 0.15) is 32.6 Å². The molecule has 0 aromatic heterocycles. The van der Waals surface area contributed by atoms with E-state index >= 15 is 0 Å². The van der Waals surface area contributed by atoms with E-state index in [1.807, 2.05) is 6.08 Å². The monoisotopic (exact) mass is 154 g/mol. The van der Waals surface area contributed by atoms with Gasteiger partial charge in [0, 0.05) is 0 Å². The Morgan fingerprint density at radius 1 is 1.55 bits per heavy atom. The van der Waals surface area contributed by atoms with Crippen LogP contribution in [-0.4, -0.2) is 11.2 Å². The lowest BCUT2D eigenvalue weighted by Gasteiger charge is -2.30. The minimum absolute atomic E-state index is 0.0725. The summed E-state index contributed by atoms with van der Waals surface area (Å²) in [6, 6.07) is 0. The molecule has 3 unspecified atom stereocenters. The fourth-order valence-electron chi connectivity index (χ4n) is 1.90. The highest BCUT2D eigenvalue weighted by Gasteiger charge is 2.25. The second kappa shape index (κ2) is 3.91. The number of hydrogen-bond donors (Lipinski definition) is 1. The number of aliphatic hydroxyl groups excluding tert-OH is 1. The molecule has 0 aromatic rings. The molecule has 0 spiro atoms. The molecule has 1 N–H and O–H groups in total. The van der Waals surface area contributed by atoms with Crippen LogP contribution in [0, 0.1) is 11.8 Å². The molecule has 0 bridgehead atoms. The molecule has 0 aliphatic heterocycles. The van der Waals surface area contributed by atoms with E-state index < -0.39 is 0 Å². The van der Waals surface area contributed by atoms with Gasteiger partial charge in [-0.25, -0.2) is 0 Å². The highest BCUT2D eigenvalue weighted by molar-refractivity contribution is 4.83. The van der Waals surface area contributed by atoms with Gasteiger partial charge in [-0.05, 0) is 31.1 Å². The van der Waals surface area contributed by atoms with Crippen LogP contribution < -0.4 is 0 Å². The van der Waals surface area contributed by atoms with Gasteiger partial charge in [-0.1, -0.05) is 19.4 Å². The highest BCUT2D eigenvalue weighted by Crippen LogP contribution is 2.30. The van der Waals surface area contributed by atoms with Crippen molar-refractivity contribution in [2.75, 3.05) is 0 Å². The van der Waals surface area contributed by atoms with Crippen LogP contribution in [-0.2, 0) is 0 Å². The maximum atomic E-state index is 9.62. The van der Waals surface area contributed by atoms with Crippen molar-refractivity contribution in [3.8, 4) is 0 Å².